The zero-order valence-electron chi connectivity index (χ0n) is 11.8. The van der Waals surface area contributed by atoms with Crippen molar-refractivity contribution in [2.75, 3.05) is 0 Å². The zero-order valence-corrected chi connectivity index (χ0v) is 12.6. The van der Waals surface area contributed by atoms with Crippen LogP contribution < -0.4 is 5.56 Å². The van der Waals surface area contributed by atoms with Crippen LogP contribution in [0.3, 0.4) is 0 Å². The first-order valence-corrected chi connectivity index (χ1v) is 6.99. The van der Waals surface area contributed by atoms with Gasteiger partial charge in [-0.15, -0.1) is 0 Å². The molecule has 1 heterocycles. The monoisotopic (exact) mass is 305 g/mol. The fourth-order valence-electron chi connectivity index (χ4n) is 2.19. The van der Waals surface area contributed by atoms with E-state index in [-0.39, 0.29) is 11.5 Å². The maximum Gasteiger partial charge on any atom is 0.341 e. The molecule has 0 bridgehead atoms. The fraction of sp³-hybridized carbons (Fsp3) is 0.250. The second-order valence-electron chi connectivity index (χ2n) is 5.15. The fourth-order valence-corrected chi connectivity index (χ4v) is 2.32. The average Bonchev–Trinajstić information content (AvgIpc) is 2.42. The summed E-state index contributed by atoms with van der Waals surface area (Å²) in [6.45, 7) is 4.26. The van der Waals surface area contributed by atoms with Gasteiger partial charge in [-0.25, -0.2) is 4.79 Å². The van der Waals surface area contributed by atoms with Crippen molar-refractivity contribution in [2.45, 2.75) is 26.3 Å². The molecule has 0 aliphatic carbocycles. The van der Waals surface area contributed by atoms with Crippen molar-refractivity contribution in [3.05, 3.63) is 68.6 Å². The van der Waals surface area contributed by atoms with Gasteiger partial charge in [-0.2, -0.15) is 0 Å². The van der Waals surface area contributed by atoms with Crippen molar-refractivity contribution >= 4 is 17.6 Å². The summed E-state index contributed by atoms with van der Waals surface area (Å²) >= 11 is 5.85. The molecule has 1 aromatic heterocycles. The molecule has 1 N–H and O–H groups in total. The molecule has 2 rings (SSSR count). The maximum atomic E-state index is 12.4. The lowest BCUT2D eigenvalue weighted by molar-refractivity contribution is 0.0694. The molecule has 0 unspecified atom stereocenters. The summed E-state index contributed by atoms with van der Waals surface area (Å²) in [5, 5.41) is 9.71. The van der Waals surface area contributed by atoms with Gasteiger partial charge in [-0.1, -0.05) is 37.6 Å². The quantitative estimate of drug-likeness (QED) is 0.942. The second-order valence-corrected chi connectivity index (χ2v) is 5.59. The maximum absolute atomic E-state index is 12.4. The Morgan fingerprint density at radius 1 is 1.19 bits per heavy atom. The van der Waals surface area contributed by atoms with E-state index in [9.17, 15) is 9.59 Å². The van der Waals surface area contributed by atoms with Crippen molar-refractivity contribution in [1.82, 2.24) is 4.57 Å². The molecule has 0 aliphatic rings. The number of pyridine rings is 1. The molecular weight excluding hydrogens is 290 g/mol. The SMILES string of the molecule is CC(C)c1ccc(C(=O)O)c(=O)n1Cc1ccc(Cl)cc1. The summed E-state index contributed by atoms with van der Waals surface area (Å²) in [7, 11) is 0. The molecule has 21 heavy (non-hydrogen) atoms. The number of benzene rings is 1. The standard InChI is InChI=1S/C16H16ClNO3/c1-10(2)14-8-7-13(16(20)21)15(19)18(14)9-11-3-5-12(17)6-4-11/h3-8,10H,9H2,1-2H3,(H,20,21). The molecule has 0 saturated carbocycles. The largest absolute Gasteiger partial charge is 0.477 e. The van der Waals surface area contributed by atoms with Crippen LogP contribution in [-0.2, 0) is 6.54 Å². The molecule has 2 aromatic rings. The predicted octanol–water partition coefficient (Wildman–Crippen LogP) is 3.37. The van der Waals surface area contributed by atoms with Gasteiger partial charge in [0.1, 0.15) is 5.56 Å². The minimum atomic E-state index is -1.21. The van der Waals surface area contributed by atoms with E-state index in [1.165, 1.54) is 10.6 Å². The molecule has 0 fully saturated rings. The number of hydrogen-bond donors (Lipinski definition) is 1. The summed E-state index contributed by atoms with van der Waals surface area (Å²) in [5.41, 5.74) is 1.00. The number of aromatic carboxylic acids is 1. The highest BCUT2D eigenvalue weighted by atomic mass is 35.5. The van der Waals surface area contributed by atoms with Gasteiger partial charge in [0.05, 0.1) is 6.54 Å². The van der Waals surface area contributed by atoms with Crippen LogP contribution in [0.25, 0.3) is 0 Å². The minimum absolute atomic E-state index is 0.118. The normalized spacial score (nSPS) is 10.9. The highest BCUT2D eigenvalue weighted by Crippen LogP contribution is 2.16. The Bertz CT molecular complexity index is 717. The van der Waals surface area contributed by atoms with Gasteiger partial charge in [0.15, 0.2) is 0 Å². The summed E-state index contributed by atoms with van der Waals surface area (Å²) in [4.78, 5) is 23.5. The predicted molar refractivity (Wildman–Crippen MR) is 82.3 cm³/mol. The van der Waals surface area contributed by atoms with Crippen molar-refractivity contribution < 1.29 is 9.90 Å². The van der Waals surface area contributed by atoms with E-state index in [1.807, 2.05) is 26.0 Å². The van der Waals surface area contributed by atoms with Crippen molar-refractivity contribution in [3.63, 3.8) is 0 Å². The molecule has 0 atom stereocenters. The third kappa shape index (κ3) is 3.34. The average molecular weight is 306 g/mol. The Kier molecular flexibility index (Phi) is 4.48. The first-order valence-electron chi connectivity index (χ1n) is 6.61. The van der Waals surface area contributed by atoms with Gasteiger partial charge < -0.3 is 9.67 Å². The van der Waals surface area contributed by atoms with Crippen molar-refractivity contribution in [2.24, 2.45) is 0 Å². The number of carboxylic acids is 1. The van der Waals surface area contributed by atoms with E-state index in [2.05, 4.69) is 0 Å². The van der Waals surface area contributed by atoms with Crippen LogP contribution >= 0.6 is 11.6 Å². The van der Waals surface area contributed by atoms with Crippen LogP contribution in [0.5, 0.6) is 0 Å². The van der Waals surface area contributed by atoms with Gasteiger partial charge in [-0.05, 0) is 35.7 Å². The van der Waals surface area contributed by atoms with Crippen molar-refractivity contribution in [3.8, 4) is 0 Å². The number of aromatic nitrogens is 1. The van der Waals surface area contributed by atoms with Gasteiger partial charge in [0, 0.05) is 10.7 Å². The first-order chi connectivity index (χ1) is 9.90. The Hall–Kier alpha value is -2.07. The Balaban J connectivity index is 2.53. The van der Waals surface area contributed by atoms with Crippen LogP contribution in [0.4, 0.5) is 0 Å². The Labute approximate surface area is 127 Å². The molecule has 0 radical (unpaired) electrons. The topological polar surface area (TPSA) is 59.3 Å². The molecule has 0 saturated heterocycles. The number of hydrogen-bond acceptors (Lipinski definition) is 2. The smallest absolute Gasteiger partial charge is 0.341 e. The molecule has 5 heteroatoms. The van der Waals surface area contributed by atoms with E-state index in [1.54, 1.807) is 18.2 Å². The lowest BCUT2D eigenvalue weighted by Gasteiger charge is -2.16. The second kappa shape index (κ2) is 6.14. The minimum Gasteiger partial charge on any atom is -0.477 e. The van der Waals surface area contributed by atoms with Gasteiger partial charge >= 0.3 is 5.97 Å². The number of rotatable bonds is 4. The Morgan fingerprint density at radius 3 is 2.33 bits per heavy atom. The lowest BCUT2D eigenvalue weighted by Crippen LogP contribution is -2.29. The highest BCUT2D eigenvalue weighted by molar-refractivity contribution is 6.30. The van der Waals surface area contributed by atoms with Gasteiger partial charge in [-0.3, -0.25) is 4.79 Å². The van der Waals surface area contributed by atoms with Gasteiger partial charge in [0.25, 0.3) is 5.56 Å². The number of halogens is 1. The van der Waals surface area contributed by atoms with Crippen LogP contribution in [0.15, 0.2) is 41.2 Å². The van der Waals surface area contributed by atoms with Crippen LogP contribution in [0, 0.1) is 0 Å². The molecule has 0 spiro atoms. The third-order valence-electron chi connectivity index (χ3n) is 3.28. The Morgan fingerprint density at radius 2 is 1.81 bits per heavy atom. The number of carbonyl (C=O) groups is 1. The molecule has 0 aliphatic heterocycles. The highest BCUT2D eigenvalue weighted by Gasteiger charge is 2.15. The molecule has 1 aromatic carbocycles. The summed E-state index contributed by atoms with van der Waals surface area (Å²) < 4.78 is 1.51. The molecule has 4 nitrogen and oxygen atoms in total. The van der Waals surface area contributed by atoms with E-state index >= 15 is 0 Å². The van der Waals surface area contributed by atoms with Crippen LogP contribution in [-0.4, -0.2) is 15.6 Å². The van der Waals surface area contributed by atoms with E-state index < -0.39 is 11.5 Å². The lowest BCUT2D eigenvalue weighted by atomic mass is 10.1. The first kappa shape index (κ1) is 15.3. The molecule has 0 amide bonds. The molecular formula is C16H16ClNO3. The third-order valence-corrected chi connectivity index (χ3v) is 3.54. The summed E-state index contributed by atoms with van der Waals surface area (Å²) in [5.74, 6) is -1.09. The number of carboxylic acid groups (broad SMARTS) is 1. The summed E-state index contributed by atoms with van der Waals surface area (Å²) in [6.07, 6.45) is 0. The summed E-state index contributed by atoms with van der Waals surface area (Å²) in [6, 6.07) is 10.2. The van der Waals surface area contributed by atoms with Crippen LogP contribution in [0.2, 0.25) is 5.02 Å². The van der Waals surface area contributed by atoms with E-state index in [4.69, 9.17) is 16.7 Å². The molecule has 110 valence electrons. The van der Waals surface area contributed by atoms with Crippen LogP contribution in [0.1, 0.15) is 41.4 Å². The van der Waals surface area contributed by atoms with Crippen molar-refractivity contribution in [1.29, 1.82) is 0 Å². The van der Waals surface area contributed by atoms with E-state index in [0.29, 0.717) is 11.6 Å². The zero-order chi connectivity index (χ0) is 15.6. The van der Waals surface area contributed by atoms with E-state index in [0.717, 1.165) is 11.3 Å². The number of nitrogens with zero attached hydrogens (tertiary/aromatic N) is 1. The van der Waals surface area contributed by atoms with Gasteiger partial charge in [0.2, 0.25) is 0 Å².